The van der Waals surface area contributed by atoms with E-state index in [1.54, 1.807) is 25.4 Å². The number of hydrogen-bond donors (Lipinski definition) is 1. The summed E-state index contributed by atoms with van der Waals surface area (Å²) in [7, 11) is 1.60. The normalized spacial score (nSPS) is 15.7. The van der Waals surface area contributed by atoms with Crippen molar-refractivity contribution in [3.63, 3.8) is 0 Å². The summed E-state index contributed by atoms with van der Waals surface area (Å²) >= 11 is 0. The van der Waals surface area contributed by atoms with Crippen molar-refractivity contribution < 1.29 is 4.79 Å². The second-order valence-electron chi connectivity index (χ2n) is 5.13. The van der Waals surface area contributed by atoms with Crippen LogP contribution in [0.25, 0.3) is 11.2 Å². The van der Waals surface area contributed by atoms with Crippen LogP contribution < -0.4 is 10.9 Å². The van der Waals surface area contributed by atoms with Gasteiger partial charge in [0.15, 0.2) is 11.3 Å². The van der Waals surface area contributed by atoms with Gasteiger partial charge in [0.2, 0.25) is 0 Å². The monoisotopic (exact) mass is 272 g/mol. The molecule has 0 aromatic carbocycles. The van der Waals surface area contributed by atoms with Crippen LogP contribution in [0.3, 0.4) is 0 Å². The van der Waals surface area contributed by atoms with E-state index in [0.29, 0.717) is 11.2 Å². The molecular formula is C14H16N4O2. The van der Waals surface area contributed by atoms with Crippen LogP contribution in [0.1, 0.15) is 36.2 Å². The Morgan fingerprint density at radius 3 is 2.90 bits per heavy atom. The highest BCUT2D eigenvalue weighted by Crippen LogP contribution is 2.17. The average Bonchev–Trinajstić information content (AvgIpc) is 2.95. The van der Waals surface area contributed by atoms with Crippen molar-refractivity contribution in [1.29, 1.82) is 0 Å². The predicted molar refractivity (Wildman–Crippen MR) is 74.5 cm³/mol. The number of nitrogens with one attached hydrogen (secondary N) is 1. The number of carbonyl (C=O) groups excluding carboxylic acids is 1. The topological polar surface area (TPSA) is 76.9 Å². The van der Waals surface area contributed by atoms with Crippen LogP contribution in [-0.4, -0.2) is 26.5 Å². The Kier molecular flexibility index (Phi) is 3.22. The van der Waals surface area contributed by atoms with Gasteiger partial charge in [-0.3, -0.25) is 14.2 Å². The number of rotatable bonds is 2. The first-order valence-corrected chi connectivity index (χ1v) is 6.79. The third kappa shape index (κ3) is 2.17. The molecule has 1 aliphatic rings. The maximum atomic E-state index is 12.2. The Morgan fingerprint density at radius 2 is 2.15 bits per heavy atom. The third-order valence-electron chi connectivity index (χ3n) is 3.73. The first-order chi connectivity index (χ1) is 9.66. The molecule has 104 valence electrons. The molecule has 1 saturated carbocycles. The van der Waals surface area contributed by atoms with E-state index in [1.807, 2.05) is 0 Å². The second kappa shape index (κ2) is 5.03. The molecule has 0 radical (unpaired) electrons. The minimum Gasteiger partial charge on any atom is -0.348 e. The van der Waals surface area contributed by atoms with E-state index in [9.17, 15) is 9.59 Å². The summed E-state index contributed by atoms with van der Waals surface area (Å²) in [5.74, 6) is -0.386. The summed E-state index contributed by atoms with van der Waals surface area (Å²) in [6, 6.07) is 3.64. The lowest BCUT2D eigenvalue weighted by Crippen LogP contribution is -2.38. The zero-order chi connectivity index (χ0) is 14.1. The van der Waals surface area contributed by atoms with Crippen LogP contribution in [-0.2, 0) is 7.05 Å². The molecule has 0 bridgehead atoms. The predicted octanol–water partition coefficient (Wildman–Crippen LogP) is 1.00. The van der Waals surface area contributed by atoms with E-state index < -0.39 is 5.56 Å². The van der Waals surface area contributed by atoms with Crippen LogP contribution in [0.15, 0.2) is 23.1 Å². The van der Waals surface area contributed by atoms with Crippen molar-refractivity contribution in [3.05, 3.63) is 34.4 Å². The summed E-state index contributed by atoms with van der Waals surface area (Å²) in [6.45, 7) is 0. The number of aryl methyl sites for hydroxylation is 1. The van der Waals surface area contributed by atoms with Crippen molar-refractivity contribution in [3.8, 4) is 0 Å². The minimum absolute atomic E-state index is 0.0556. The molecule has 2 aromatic heterocycles. The second-order valence-corrected chi connectivity index (χ2v) is 5.13. The van der Waals surface area contributed by atoms with Crippen LogP contribution in [0.5, 0.6) is 0 Å². The highest BCUT2D eigenvalue weighted by molar-refractivity contribution is 5.93. The molecule has 6 heteroatoms. The molecule has 1 aliphatic carbocycles. The van der Waals surface area contributed by atoms with Crippen molar-refractivity contribution in [2.45, 2.75) is 31.7 Å². The number of aromatic nitrogens is 3. The molecule has 2 aromatic rings. The van der Waals surface area contributed by atoms with Crippen molar-refractivity contribution in [1.82, 2.24) is 19.9 Å². The van der Waals surface area contributed by atoms with E-state index in [-0.39, 0.29) is 17.6 Å². The van der Waals surface area contributed by atoms with E-state index >= 15 is 0 Å². The van der Waals surface area contributed by atoms with Gasteiger partial charge < -0.3 is 5.32 Å². The van der Waals surface area contributed by atoms with Gasteiger partial charge in [-0.2, -0.15) is 0 Å². The Bertz CT molecular complexity index is 717. The lowest BCUT2D eigenvalue weighted by atomic mass is 10.2. The Morgan fingerprint density at radius 1 is 1.40 bits per heavy atom. The largest absolute Gasteiger partial charge is 0.348 e. The van der Waals surface area contributed by atoms with Crippen LogP contribution in [0.2, 0.25) is 0 Å². The van der Waals surface area contributed by atoms with Gasteiger partial charge in [-0.1, -0.05) is 12.8 Å². The van der Waals surface area contributed by atoms with Gasteiger partial charge in [-0.15, -0.1) is 0 Å². The maximum Gasteiger partial charge on any atom is 0.283 e. The molecule has 1 amide bonds. The number of amides is 1. The van der Waals surface area contributed by atoms with Crippen LogP contribution >= 0.6 is 0 Å². The van der Waals surface area contributed by atoms with Gasteiger partial charge in [0, 0.05) is 19.3 Å². The molecule has 1 N–H and O–H groups in total. The van der Waals surface area contributed by atoms with Gasteiger partial charge in [0.1, 0.15) is 5.52 Å². The number of hydrogen-bond acceptors (Lipinski definition) is 4. The molecule has 1 fully saturated rings. The summed E-state index contributed by atoms with van der Waals surface area (Å²) < 4.78 is 1.37. The SMILES string of the molecule is Cn1c(=O)c(C(=O)NC2CCCC2)nc2cccnc21. The molecule has 6 nitrogen and oxygen atoms in total. The summed E-state index contributed by atoms with van der Waals surface area (Å²) in [6.07, 6.45) is 5.79. The van der Waals surface area contributed by atoms with Crippen molar-refractivity contribution >= 4 is 17.1 Å². The molecule has 0 aliphatic heterocycles. The highest BCUT2D eigenvalue weighted by atomic mass is 16.2. The van der Waals surface area contributed by atoms with Gasteiger partial charge in [0.25, 0.3) is 11.5 Å². The van der Waals surface area contributed by atoms with E-state index in [2.05, 4.69) is 15.3 Å². The maximum absolute atomic E-state index is 12.2. The van der Waals surface area contributed by atoms with E-state index in [1.165, 1.54) is 4.57 Å². The number of nitrogens with zero attached hydrogens (tertiary/aromatic N) is 3. The summed E-state index contributed by atoms with van der Waals surface area (Å²) in [5.41, 5.74) is 0.563. The quantitative estimate of drug-likeness (QED) is 0.884. The average molecular weight is 272 g/mol. The molecule has 0 unspecified atom stereocenters. The molecule has 0 spiro atoms. The molecule has 0 atom stereocenters. The zero-order valence-corrected chi connectivity index (χ0v) is 11.3. The van der Waals surface area contributed by atoms with Crippen LogP contribution in [0.4, 0.5) is 0 Å². The van der Waals surface area contributed by atoms with Gasteiger partial charge in [0.05, 0.1) is 0 Å². The van der Waals surface area contributed by atoms with Crippen molar-refractivity contribution in [2.24, 2.45) is 7.05 Å². The van der Waals surface area contributed by atoms with Gasteiger partial charge >= 0.3 is 0 Å². The van der Waals surface area contributed by atoms with Gasteiger partial charge in [-0.25, -0.2) is 9.97 Å². The van der Waals surface area contributed by atoms with Crippen molar-refractivity contribution in [2.75, 3.05) is 0 Å². The zero-order valence-electron chi connectivity index (χ0n) is 11.3. The summed E-state index contributed by atoms with van der Waals surface area (Å²) in [4.78, 5) is 32.7. The van der Waals surface area contributed by atoms with E-state index in [4.69, 9.17) is 0 Å². The Balaban J connectivity index is 2.00. The smallest absolute Gasteiger partial charge is 0.283 e. The molecular weight excluding hydrogens is 256 g/mol. The fourth-order valence-corrected chi connectivity index (χ4v) is 2.63. The number of pyridine rings is 1. The first-order valence-electron chi connectivity index (χ1n) is 6.79. The lowest BCUT2D eigenvalue weighted by molar-refractivity contribution is 0.0931. The summed E-state index contributed by atoms with van der Waals surface area (Å²) in [5, 5.41) is 2.89. The Hall–Kier alpha value is -2.24. The number of carbonyl (C=O) groups is 1. The molecule has 0 saturated heterocycles. The minimum atomic E-state index is -0.410. The van der Waals surface area contributed by atoms with Gasteiger partial charge in [-0.05, 0) is 25.0 Å². The lowest BCUT2D eigenvalue weighted by Gasteiger charge is -2.12. The van der Waals surface area contributed by atoms with Crippen LogP contribution in [0, 0.1) is 0 Å². The Labute approximate surface area is 115 Å². The highest BCUT2D eigenvalue weighted by Gasteiger charge is 2.22. The molecule has 20 heavy (non-hydrogen) atoms. The fourth-order valence-electron chi connectivity index (χ4n) is 2.63. The first kappa shape index (κ1) is 12.8. The molecule has 2 heterocycles. The molecule has 3 rings (SSSR count). The standard InChI is InChI=1S/C14H16N4O2/c1-18-12-10(7-4-8-15-12)17-11(14(18)20)13(19)16-9-5-2-3-6-9/h4,7-9H,2-3,5-6H2,1H3,(H,16,19). The fraction of sp³-hybridized carbons (Fsp3) is 0.429. The number of fused-ring (bicyclic) bond motifs is 1. The third-order valence-corrected chi connectivity index (χ3v) is 3.73. The van der Waals surface area contributed by atoms with E-state index in [0.717, 1.165) is 25.7 Å².